The molecule has 0 radical (unpaired) electrons. The van der Waals surface area contributed by atoms with Crippen LogP contribution in [0.25, 0.3) is 5.78 Å². The van der Waals surface area contributed by atoms with Gasteiger partial charge in [-0.15, -0.1) is 0 Å². The average Bonchev–Trinajstić information content (AvgIpc) is 3.14. The van der Waals surface area contributed by atoms with Crippen molar-refractivity contribution >= 4 is 29.0 Å². The number of amides is 2. The molecule has 4 rings (SSSR count). The van der Waals surface area contributed by atoms with Crippen molar-refractivity contribution in [3.8, 4) is 5.75 Å². The highest BCUT2D eigenvalue weighted by atomic mass is 16.5. The molecule has 1 N–H and O–H groups in total. The first kappa shape index (κ1) is 17.9. The van der Waals surface area contributed by atoms with E-state index in [0.717, 1.165) is 5.69 Å². The maximum atomic E-state index is 12.8. The standard InChI is InChI=1S/C19H20N6O3/c1-10(2)14-8-13(23-19-20-9-21-25(14)19)17(26)22-12-5-6-16-15(7-12)24(4)18(27)11(3)28-16/h5-11H,1-4H3,(H,22,26). The zero-order valence-corrected chi connectivity index (χ0v) is 16.0. The average molecular weight is 380 g/mol. The van der Waals surface area contributed by atoms with Gasteiger partial charge in [-0.25, -0.2) is 9.50 Å². The van der Waals surface area contributed by atoms with E-state index in [-0.39, 0.29) is 23.4 Å². The molecule has 28 heavy (non-hydrogen) atoms. The van der Waals surface area contributed by atoms with Gasteiger partial charge in [-0.1, -0.05) is 13.8 Å². The second-order valence-electron chi connectivity index (χ2n) is 6.99. The molecule has 144 valence electrons. The minimum atomic E-state index is -0.536. The van der Waals surface area contributed by atoms with Crippen molar-refractivity contribution in [1.82, 2.24) is 19.6 Å². The van der Waals surface area contributed by atoms with Gasteiger partial charge < -0.3 is 15.0 Å². The fraction of sp³-hybridized carbons (Fsp3) is 0.316. The lowest BCUT2D eigenvalue weighted by molar-refractivity contribution is -0.125. The Morgan fingerprint density at radius 2 is 2.07 bits per heavy atom. The van der Waals surface area contributed by atoms with Gasteiger partial charge in [0.05, 0.1) is 11.4 Å². The highest BCUT2D eigenvalue weighted by Gasteiger charge is 2.29. The predicted octanol–water partition coefficient (Wildman–Crippen LogP) is 2.24. The highest BCUT2D eigenvalue weighted by molar-refractivity contribution is 6.04. The third kappa shape index (κ3) is 2.94. The van der Waals surface area contributed by atoms with E-state index in [0.29, 0.717) is 22.9 Å². The van der Waals surface area contributed by atoms with Crippen LogP contribution in [0, 0.1) is 0 Å². The molecule has 2 amide bonds. The van der Waals surface area contributed by atoms with Gasteiger partial charge in [-0.2, -0.15) is 10.1 Å². The summed E-state index contributed by atoms with van der Waals surface area (Å²) in [5.74, 6) is 0.594. The van der Waals surface area contributed by atoms with Crippen molar-refractivity contribution in [2.24, 2.45) is 0 Å². The molecule has 1 aliphatic rings. The molecule has 0 saturated carbocycles. The molecule has 1 atom stereocenters. The minimum Gasteiger partial charge on any atom is -0.479 e. The summed E-state index contributed by atoms with van der Waals surface area (Å²) in [6.45, 7) is 5.72. The topological polar surface area (TPSA) is 102 Å². The normalized spacial score (nSPS) is 16.2. The van der Waals surface area contributed by atoms with Gasteiger partial charge in [0.2, 0.25) is 0 Å². The summed E-state index contributed by atoms with van der Waals surface area (Å²) in [5.41, 5.74) is 2.22. The highest BCUT2D eigenvalue weighted by Crippen LogP contribution is 2.35. The molecular formula is C19H20N6O3. The zero-order valence-electron chi connectivity index (χ0n) is 16.0. The van der Waals surface area contributed by atoms with E-state index in [1.807, 2.05) is 13.8 Å². The van der Waals surface area contributed by atoms with E-state index in [1.165, 1.54) is 11.2 Å². The number of benzene rings is 1. The minimum absolute atomic E-state index is 0.140. The molecule has 0 spiro atoms. The first-order valence-electron chi connectivity index (χ1n) is 8.95. The summed E-state index contributed by atoms with van der Waals surface area (Å²) in [7, 11) is 1.68. The molecule has 1 aliphatic heterocycles. The van der Waals surface area contributed by atoms with E-state index in [1.54, 1.807) is 42.8 Å². The lowest BCUT2D eigenvalue weighted by atomic mass is 10.1. The third-order valence-corrected chi connectivity index (χ3v) is 4.66. The fourth-order valence-electron chi connectivity index (χ4n) is 3.15. The Bertz CT molecular complexity index is 1090. The van der Waals surface area contributed by atoms with Gasteiger partial charge in [0.15, 0.2) is 6.10 Å². The van der Waals surface area contributed by atoms with Crippen molar-refractivity contribution in [3.63, 3.8) is 0 Å². The first-order valence-corrected chi connectivity index (χ1v) is 8.95. The van der Waals surface area contributed by atoms with Crippen molar-refractivity contribution in [3.05, 3.63) is 42.0 Å². The van der Waals surface area contributed by atoms with E-state index < -0.39 is 6.10 Å². The molecule has 3 heterocycles. The Hall–Kier alpha value is -3.49. The van der Waals surface area contributed by atoms with Crippen molar-refractivity contribution in [2.45, 2.75) is 32.8 Å². The molecule has 9 nitrogen and oxygen atoms in total. The van der Waals surface area contributed by atoms with Gasteiger partial charge >= 0.3 is 0 Å². The molecule has 0 fully saturated rings. The molecule has 1 unspecified atom stereocenters. The van der Waals surface area contributed by atoms with Crippen LogP contribution < -0.4 is 15.0 Å². The molecular weight excluding hydrogens is 360 g/mol. The van der Waals surface area contributed by atoms with Crippen LogP contribution in [-0.4, -0.2) is 44.5 Å². The number of hydrogen-bond donors (Lipinski definition) is 1. The number of nitrogens with zero attached hydrogens (tertiary/aromatic N) is 5. The van der Waals surface area contributed by atoms with Crippen LogP contribution in [0.4, 0.5) is 11.4 Å². The Balaban J connectivity index is 1.64. The van der Waals surface area contributed by atoms with Gasteiger partial charge in [0.25, 0.3) is 17.6 Å². The number of rotatable bonds is 3. The Morgan fingerprint density at radius 1 is 1.29 bits per heavy atom. The smallest absolute Gasteiger partial charge is 0.274 e. The molecule has 2 aromatic heterocycles. The Morgan fingerprint density at radius 3 is 2.82 bits per heavy atom. The largest absolute Gasteiger partial charge is 0.479 e. The van der Waals surface area contributed by atoms with Crippen molar-refractivity contribution in [1.29, 1.82) is 0 Å². The first-order chi connectivity index (χ1) is 13.3. The number of fused-ring (bicyclic) bond motifs is 2. The quantitative estimate of drug-likeness (QED) is 0.748. The number of carbonyl (C=O) groups is 2. The van der Waals surface area contributed by atoms with E-state index in [2.05, 4.69) is 20.4 Å². The van der Waals surface area contributed by atoms with Crippen molar-refractivity contribution in [2.75, 3.05) is 17.3 Å². The number of hydrogen-bond acceptors (Lipinski definition) is 6. The summed E-state index contributed by atoms with van der Waals surface area (Å²) in [6, 6.07) is 6.88. The second-order valence-corrected chi connectivity index (χ2v) is 6.99. The van der Waals surface area contributed by atoms with Gasteiger partial charge in [-0.3, -0.25) is 9.59 Å². The third-order valence-electron chi connectivity index (χ3n) is 4.66. The maximum Gasteiger partial charge on any atom is 0.274 e. The number of likely N-dealkylation sites (N-methyl/N-ethyl adjacent to an activating group) is 1. The number of carbonyl (C=O) groups excluding carboxylic acids is 2. The Labute approximate surface area is 161 Å². The SMILES string of the molecule is CC1Oc2ccc(NC(=O)c3cc(C(C)C)n4ncnc4n3)cc2N(C)C1=O. The summed E-state index contributed by atoms with van der Waals surface area (Å²) in [5, 5.41) is 6.98. The molecule has 9 heteroatoms. The van der Waals surface area contributed by atoms with E-state index in [9.17, 15) is 9.59 Å². The lowest BCUT2D eigenvalue weighted by Crippen LogP contribution is -2.41. The number of ether oxygens (including phenoxy) is 1. The summed E-state index contributed by atoms with van der Waals surface area (Å²) in [4.78, 5) is 34.8. The van der Waals surface area contributed by atoms with Crippen LogP contribution in [0.5, 0.6) is 5.75 Å². The molecule has 0 aliphatic carbocycles. The summed E-state index contributed by atoms with van der Waals surface area (Å²) < 4.78 is 7.23. The van der Waals surface area contributed by atoms with Crippen molar-refractivity contribution < 1.29 is 14.3 Å². The summed E-state index contributed by atoms with van der Waals surface area (Å²) in [6.07, 6.45) is 0.874. The van der Waals surface area contributed by atoms with Crippen LogP contribution in [-0.2, 0) is 4.79 Å². The van der Waals surface area contributed by atoms with Crippen LogP contribution in [0.2, 0.25) is 0 Å². The lowest BCUT2D eigenvalue weighted by Gasteiger charge is -2.30. The van der Waals surface area contributed by atoms with Gasteiger partial charge in [0.1, 0.15) is 17.8 Å². The van der Waals surface area contributed by atoms with Crippen LogP contribution >= 0.6 is 0 Å². The fourth-order valence-corrected chi connectivity index (χ4v) is 3.15. The monoisotopic (exact) mass is 380 g/mol. The molecule has 1 aromatic carbocycles. The van der Waals surface area contributed by atoms with Gasteiger partial charge in [-0.05, 0) is 37.1 Å². The van der Waals surface area contributed by atoms with Crippen LogP contribution in [0.1, 0.15) is 42.9 Å². The Kier molecular flexibility index (Phi) is 4.21. The molecule has 0 saturated heterocycles. The van der Waals surface area contributed by atoms with E-state index in [4.69, 9.17) is 4.74 Å². The predicted molar refractivity (Wildman–Crippen MR) is 103 cm³/mol. The molecule has 0 bridgehead atoms. The number of nitrogens with one attached hydrogen (secondary N) is 1. The van der Waals surface area contributed by atoms with E-state index >= 15 is 0 Å². The number of anilines is 2. The van der Waals surface area contributed by atoms with Gasteiger partial charge in [0, 0.05) is 12.7 Å². The molecule has 3 aromatic rings. The second kappa shape index (κ2) is 6.59. The zero-order chi connectivity index (χ0) is 20.0. The van der Waals surface area contributed by atoms with Crippen LogP contribution in [0.3, 0.4) is 0 Å². The maximum absolute atomic E-state index is 12.8. The number of aromatic nitrogens is 4. The summed E-state index contributed by atoms with van der Waals surface area (Å²) >= 11 is 0. The van der Waals surface area contributed by atoms with Crippen LogP contribution in [0.15, 0.2) is 30.6 Å².